The highest BCUT2D eigenvalue weighted by Crippen LogP contribution is 2.25. The van der Waals surface area contributed by atoms with Crippen LogP contribution in [0, 0.1) is 0 Å². The molecule has 0 atom stereocenters. The second kappa shape index (κ2) is 87.7. The fourth-order valence-electron chi connectivity index (χ4n) is 8.11. The summed E-state index contributed by atoms with van der Waals surface area (Å²) in [6.45, 7) is 0. The number of para-hydroxylation sites is 5. The molecule has 0 saturated heterocycles. The molecule has 26 aromatic rings. The number of nitrogens with zero attached hydrogens (tertiary/aromatic N) is 20. The summed E-state index contributed by atoms with van der Waals surface area (Å²) in [6, 6.07) is 74.7. The SMILES string of the molecule is C.C.C.C.c1c[nH]cn1.c1c[nH]cn1.c1cc2sccc2s1.c1cc[nH]c1.c1ccc2[nH]ccc2c1.c1ccc2[nH]cnc2c1.c1ccc2nccnc2c1.c1ccc2sccc2c1.c1ccncc1.c1ccncc1.c1ccoc1.c1ccsc1.c1cn[nH]c1.c1cnccn1.c1cncnc1.c1cncnc1.c1cncnc1.c1cnoc1.c1cnsc1.c1cocn1.c1cscn1. The van der Waals surface area contributed by atoms with Crippen molar-refractivity contribution < 1.29 is 13.4 Å². The van der Waals surface area contributed by atoms with Gasteiger partial charge in [0.15, 0.2) is 6.39 Å². The van der Waals surface area contributed by atoms with Crippen molar-refractivity contribution in [2.45, 2.75) is 29.7 Å². The van der Waals surface area contributed by atoms with Gasteiger partial charge in [0.2, 0.25) is 0 Å². The van der Waals surface area contributed by atoms with Crippen molar-refractivity contribution in [2.75, 3.05) is 0 Å². The van der Waals surface area contributed by atoms with Gasteiger partial charge in [0.1, 0.15) is 31.5 Å². The fourth-order valence-corrected chi connectivity index (χ4v) is 11.9. The fraction of sp³-hybridized carbons (Fsp3) is 0.0400. The van der Waals surface area contributed by atoms with Crippen LogP contribution in [0.2, 0.25) is 0 Å². The van der Waals surface area contributed by atoms with E-state index in [1.54, 1.807) is 279 Å². The van der Waals surface area contributed by atoms with Gasteiger partial charge in [-0.15, -0.1) is 45.3 Å². The molecule has 135 heavy (non-hydrogen) atoms. The Morgan fingerprint density at radius 1 is 0.252 bits per heavy atom. The van der Waals surface area contributed by atoms with E-state index in [1.807, 2.05) is 186 Å². The number of imidazole rings is 3. The molecule has 0 aliphatic carbocycles. The Balaban J connectivity index is 0.000000481. The van der Waals surface area contributed by atoms with Crippen molar-refractivity contribution in [1.82, 2.24) is 129 Å². The smallest absolute Gasteiger partial charge is 0.180 e. The van der Waals surface area contributed by atoms with Gasteiger partial charge in [0.05, 0.1) is 71.5 Å². The number of thiophene rings is 4. The van der Waals surface area contributed by atoms with Crippen molar-refractivity contribution in [2.24, 2.45) is 0 Å². The molecule has 0 bridgehead atoms. The van der Waals surface area contributed by atoms with Crippen LogP contribution in [0.1, 0.15) is 29.7 Å². The number of aromatic amines is 6. The molecule has 22 heterocycles. The third-order valence-corrected chi connectivity index (χ3v) is 18.1. The number of furan rings is 1. The van der Waals surface area contributed by atoms with Crippen LogP contribution in [-0.2, 0) is 0 Å². The number of hydrogen-bond acceptors (Lipinski definition) is 29. The maximum atomic E-state index is 4.58. The van der Waals surface area contributed by atoms with E-state index < -0.39 is 0 Å². The van der Waals surface area contributed by atoms with Gasteiger partial charge < -0.3 is 38.3 Å². The molecule has 0 fully saturated rings. The molecule has 4 aromatic carbocycles. The molecule has 0 aliphatic rings. The first-order valence-corrected chi connectivity index (χ1v) is 44.2. The summed E-state index contributed by atoms with van der Waals surface area (Å²) in [5.41, 5.74) is 7.02. The van der Waals surface area contributed by atoms with Crippen LogP contribution >= 0.6 is 68.2 Å². The van der Waals surface area contributed by atoms with Gasteiger partial charge in [-0.1, -0.05) is 120 Å². The number of rotatable bonds is 0. The summed E-state index contributed by atoms with van der Waals surface area (Å²) in [7, 11) is 0. The minimum absolute atomic E-state index is 0. The van der Waals surface area contributed by atoms with Gasteiger partial charge in [-0.05, 0) is 195 Å². The van der Waals surface area contributed by atoms with E-state index in [0.29, 0.717) is 0 Å². The number of fused-ring (bicyclic) bond motifs is 5. The van der Waals surface area contributed by atoms with Gasteiger partial charge in [-0.25, -0.2) is 54.2 Å². The zero-order valence-corrected chi connectivity index (χ0v) is 75.2. The Hall–Kier alpha value is -17.0. The summed E-state index contributed by atoms with van der Waals surface area (Å²) in [4.78, 5) is 78.5. The van der Waals surface area contributed by atoms with E-state index >= 15 is 0 Å². The molecule has 0 unspecified atom stereocenters. The lowest BCUT2D eigenvalue weighted by atomic mass is 10.3. The first-order chi connectivity index (χ1) is 65.3. The molecule has 0 spiro atoms. The van der Waals surface area contributed by atoms with Crippen LogP contribution in [0.3, 0.4) is 0 Å². The van der Waals surface area contributed by atoms with Gasteiger partial charge in [0, 0.05) is 198 Å². The van der Waals surface area contributed by atoms with E-state index in [1.165, 1.54) is 79.8 Å². The Labute approximate surface area is 810 Å². The summed E-state index contributed by atoms with van der Waals surface area (Å²) in [6.07, 6.45) is 67.0. The van der Waals surface area contributed by atoms with Gasteiger partial charge >= 0.3 is 0 Å². The van der Waals surface area contributed by atoms with Crippen LogP contribution in [-0.4, -0.2) is 129 Å². The normalized spacial score (nSPS) is 8.50. The summed E-state index contributed by atoms with van der Waals surface area (Å²) in [5, 5.41) is 26.5. The lowest BCUT2D eigenvalue weighted by Crippen LogP contribution is -1.78. The molecule has 22 aromatic heterocycles. The number of thiazole rings is 1. The Bertz CT molecular complexity index is 4960. The average Bonchev–Trinajstić information content (AvgIpc) is 1.82. The quantitative estimate of drug-likeness (QED) is 0.0821. The lowest BCUT2D eigenvalue weighted by molar-refractivity contribution is 0.420. The largest absolute Gasteiger partial charge is 0.473 e. The van der Waals surface area contributed by atoms with E-state index in [9.17, 15) is 0 Å². The topological polar surface area (TPSA) is 392 Å². The van der Waals surface area contributed by atoms with E-state index in [-0.39, 0.29) is 29.7 Å². The Kier molecular flexibility index (Phi) is 74.1. The van der Waals surface area contributed by atoms with E-state index in [4.69, 9.17) is 0 Å². The van der Waals surface area contributed by atoms with E-state index in [2.05, 4.69) is 220 Å². The third kappa shape index (κ3) is 65.3. The molecular weight excluding hydrogens is 1810 g/mol. The first-order valence-electron chi connectivity index (χ1n) is 38.9. The second-order valence-corrected chi connectivity index (χ2v) is 27.8. The molecule has 35 heteroatoms. The molecule has 26 rings (SSSR count). The minimum atomic E-state index is 0. The number of hydrogen-bond donors (Lipinski definition) is 6. The van der Waals surface area contributed by atoms with Crippen LogP contribution in [0.4, 0.5) is 0 Å². The summed E-state index contributed by atoms with van der Waals surface area (Å²) >= 11 is 10.2. The summed E-state index contributed by atoms with van der Waals surface area (Å²) in [5.74, 6) is 0. The first kappa shape index (κ1) is 114. The number of aromatic nitrogens is 26. The average molecular weight is 1910 g/mol. The van der Waals surface area contributed by atoms with Gasteiger partial charge in [0.25, 0.3) is 0 Å². The highest BCUT2D eigenvalue weighted by Gasteiger charge is 1.93. The second-order valence-electron chi connectivity index (χ2n) is 22.7. The number of oxazole rings is 1. The summed E-state index contributed by atoms with van der Waals surface area (Å²) < 4.78 is 21.3. The van der Waals surface area contributed by atoms with E-state index in [0.717, 1.165) is 22.1 Å². The maximum absolute atomic E-state index is 4.58. The number of nitrogens with one attached hydrogen (secondary N) is 6. The third-order valence-electron chi connectivity index (χ3n) is 13.6. The maximum Gasteiger partial charge on any atom is 0.180 e. The van der Waals surface area contributed by atoms with Crippen LogP contribution < -0.4 is 0 Å². The van der Waals surface area contributed by atoms with Crippen molar-refractivity contribution in [3.05, 3.63) is 523 Å². The molecule has 6 N–H and O–H groups in total. The predicted molar refractivity (Wildman–Crippen MR) is 556 cm³/mol. The van der Waals surface area contributed by atoms with Crippen molar-refractivity contribution in [3.8, 4) is 0 Å². The molecule has 0 aliphatic heterocycles. The van der Waals surface area contributed by atoms with Crippen molar-refractivity contribution in [1.29, 1.82) is 0 Å². The van der Waals surface area contributed by atoms with Crippen LogP contribution in [0.15, 0.2) is 536 Å². The predicted octanol–water partition coefficient (Wildman–Crippen LogP) is 26.7. The van der Waals surface area contributed by atoms with Gasteiger partial charge in [-0.3, -0.25) is 40.0 Å². The number of pyridine rings is 2. The minimum Gasteiger partial charge on any atom is -0.473 e. The lowest BCUT2D eigenvalue weighted by Gasteiger charge is -1.90. The van der Waals surface area contributed by atoms with Crippen molar-refractivity contribution >= 4 is 121 Å². The number of H-pyrrole nitrogens is 6. The molecule has 0 amide bonds. The molecule has 0 saturated carbocycles. The molecular formula is C100H108N26O3S6. The molecule has 692 valence electrons. The number of benzene rings is 4. The monoisotopic (exact) mass is 1910 g/mol. The standard InChI is InChI=1S/C8H6N2.C8H7N.C8H6S.C7H6N2.C6H4S2.2C5H5N.4C4H4N2.C4H5N.C4H4O.C4H4S.3C3H4N2.2C3H3NO.2C3H3NS.4CH4/c1-2-4-8-7(3-1)9-5-6-10-8;2*1-2-4-8-7(3-1)5-6-9-8;1-2-4-7-6(3-1)8-5-9-7;1-3-7-6-2-4-8-5(1)6;2*1-2-4-6-5-3-1;1-2-6-4-3-5-1;3*1-2-5-4-6-3-1;3*1-2-4-5-3-1;2*1-2-5-3-4-1;1-2-4-5-3-1;1-2-5-3-4-1;1-2-4-5-3-1;1-2-5-3-4-1;1-2-4-5-3-1;;;;/h1-6H;1-6,9H;1-6H;1-5H,(H,8,9);1-4H;2*1-5H;4*1-4H;1-5H;2*1-4H;3*1-3H,(H,4,5);4*1-3H;4*1H4. The zero-order chi connectivity index (χ0) is 91.3. The van der Waals surface area contributed by atoms with Gasteiger partial charge in [-0.2, -0.15) is 16.4 Å². The zero-order valence-electron chi connectivity index (χ0n) is 70.3. The Morgan fingerprint density at radius 3 is 1.10 bits per heavy atom. The highest BCUT2D eigenvalue weighted by molar-refractivity contribution is 7.25. The van der Waals surface area contributed by atoms with Crippen molar-refractivity contribution in [3.63, 3.8) is 0 Å². The highest BCUT2D eigenvalue weighted by atomic mass is 32.1. The Morgan fingerprint density at radius 2 is 0.785 bits per heavy atom. The molecule has 29 nitrogen and oxygen atoms in total. The van der Waals surface area contributed by atoms with Crippen LogP contribution in [0.5, 0.6) is 0 Å². The van der Waals surface area contributed by atoms with Crippen LogP contribution in [0.25, 0.3) is 52.5 Å². The molecule has 0 radical (unpaired) electrons.